The molecule has 0 heterocycles. The number of hydrogen-bond donors (Lipinski definition) is 2. The van der Waals surface area contributed by atoms with Gasteiger partial charge < -0.3 is 10.6 Å². The SMILES string of the molecule is CCN(CC)S(=O)(=O)CCNC(=NC)NC(C)c1ccccc1C. The molecule has 1 aromatic rings. The smallest absolute Gasteiger partial charge is 0.215 e. The van der Waals surface area contributed by atoms with Crippen LogP contribution in [0.2, 0.25) is 0 Å². The topological polar surface area (TPSA) is 73.8 Å². The van der Waals surface area contributed by atoms with Crippen LogP contribution in [0.15, 0.2) is 29.3 Å². The molecule has 2 N–H and O–H groups in total. The highest BCUT2D eigenvalue weighted by atomic mass is 32.2. The molecule has 1 atom stereocenters. The molecular formula is C17H30N4O2S. The molecule has 0 saturated carbocycles. The first-order valence-corrected chi connectivity index (χ1v) is 9.97. The maximum Gasteiger partial charge on any atom is 0.215 e. The third kappa shape index (κ3) is 5.79. The predicted molar refractivity (Wildman–Crippen MR) is 101 cm³/mol. The van der Waals surface area contributed by atoms with E-state index in [1.165, 1.54) is 15.4 Å². The van der Waals surface area contributed by atoms with Gasteiger partial charge in [-0.3, -0.25) is 4.99 Å². The number of nitrogens with zero attached hydrogens (tertiary/aromatic N) is 2. The van der Waals surface area contributed by atoms with Gasteiger partial charge >= 0.3 is 0 Å². The molecule has 0 aliphatic heterocycles. The van der Waals surface area contributed by atoms with Gasteiger partial charge in [0, 0.05) is 26.7 Å². The summed E-state index contributed by atoms with van der Waals surface area (Å²) in [7, 11) is -1.55. The Kier molecular flexibility index (Phi) is 8.21. The van der Waals surface area contributed by atoms with Crippen LogP contribution in [-0.4, -0.2) is 51.1 Å². The monoisotopic (exact) mass is 354 g/mol. The summed E-state index contributed by atoms with van der Waals surface area (Å²) in [5.74, 6) is 0.647. The van der Waals surface area contributed by atoms with E-state index in [0.717, 1.165) is 0 Å². The van der Waals surface area contributed by atoms with Gasteiger partial charge in [-0.15, -0.1) is 0 Å². The van der Waals surface area contributed by atoms with Crippen LogP contribution in [0.25, 0.3) is 0 Å². The Balaban J connectivity index is 2.59. The molecule has 24 heavy (non-hydrogen) atoms. The molecule has 0 aliphatic rings. The van der Waals surface area contributed by atoms with Crippen molar-refractivity contribution in [2.45, 2.75) is 33.7 Å². The minimum Gasteiger partial charge on any atom is -0.355 e. The lowest BCUT2D eigenvalue weighted by Gasteiger charge is -2.21. The van der Waals surface area contributed by atoms with Crippen LogP contribution >= 0.6 is 0 Å². The van der Waals surface area contributed by atoms with Gasteiger partial charge in [0.15, 0.2) is 5.96 Å². The molecule has 0 aliphatic carbocycles. The van der Waals surface area contributed by atoms with Gasteiger partial charge in [-0.25, -0.2) is 12.7 Å². The van der Waals surface area contributed by atoms with E-state index >= 15 is 0 Å². The first kappa shape index (κ1) is 20.4. The van der Waals surface area contributed by atoms with Gasteiger partial charge in [-0.05, 0) is 25.0 Å². The summed E-state index contributed by atoms with van der Waals surface area (Å²) >= 11 is 0. The van der Waals surface area contributed by atoms with Crippen molar-refractivity contribution in [1.82, 2.24) is 14.9 Å². The summed E-state index contributed by atoms with van der Waals surface area (Å²) in [5, 5.41) is 6.38. The third-order valence-electron chi connectivity index (χ3n) is 3.98. The van der Waals surface area contributed by atoms with Gasteiger partial charge in [0.25, 0.3) is 0 Å². The maximum absolute atomic E-state index is 12.2. The number of guanidine groups is 1. The van der Waals surface area contributed by atoms with E-state index in [2.05, 4.69) is 41.6 Å². The molecule has 0 spiro atoms. The largest absolute Gasteiger partial charge is 0.355 e. The number of rotatable bonds is 8. The summed E-state index contributed by atoms with van der Waals surface area (Å²) in [5.41, 5.74) is 2.40. The number of benzene rings is 1. The average Bonchev–Trinajstić information content (AvgIpc) is 2.54. The normalized spacial score (nSPS) is 13.8. The van der Waals surface area contributed by atoms with Crippen molar-refractivity contribution in [3.8, 4) is 0 Å². The molecule has 1 aromatic carbocycles. The van der Waals surface area contributed by atoms with Crippen LogP contribution in [-0.2, 0) is 10.0 Å². The summed E-state index contributed by atoms with van der Waals surface area (Å²) in [6.07, 6.45) is 0. The Hall–Kier alpha value is -1.60. The van der Waals surface area contributed by atoms with Crippen molar-refractivity contribution in [2.24, 2.45) is 4.99 Å². The Labute approximate surface area is 146 Å². The molecule has 0 radical (unpaired) electrons. The van der Waals surface area contributed by atoms with Crippen LogP contribution in [0.5, 0.6) is 0 Å². The fourth-order valence-electron chi connectivity index (χ4n) is 2.59. The molecular weight excluding hydrogens is 324 g/mol. The first-order valence-electron chi connectivity index (χ1n) is 8.36. The zero-order valence-corrected chi connectivity index (χ0v) is 16.2. The van der Waals surface area contributed by atoms with E-state index in [1.54, 1.807) is 7.05 Å². The molecule has 136 valence electrons. The van der Waals surface area contributed by atoms with E-state index in [4.69, 9.17) is 0 Å². The first-order chi connectivity index (χ1) is 11.4. The standard InChI is InChI=1S/C17H30N4O2S/c1-6-21(7-2)24(22,23)13-12-19-17(18-5)20-15(4)16-11-9-8-10-14(16)3/h8-11,15H,6-7,12-13H2,1-5H3,(H2,18,19,20). The molecule has 1 rings (SSSR count). The van der Waals surface area contributed by atoms with Crippen molar-refractivity contribution < 1.29 is 8.42 Å². The van der Waals surface area contributed by atoms with Gasteiger partial charge in [-0.2, -0.15) is 0 Å². The summed E-state index contributed by atoms with van der Waals surface area (Å²) in [4.78, 5) is 4.17. The van der Waals surface area contributed by atoms with E-state index in [9.17, 15) is 8.42 Å². The van der Waals surface area contributed by atoms with Crippen LogP contribution in [0.4, 0.5) is 0 Å². The molecule has 0 fully saturated rings. The van der Waals surface area contributed by atoms with Crippen molar-refractivity contribution in [3.63, 3.8) is 0 Å². The zero-order valence-electron chi connectivity index (χ0n) is 15.3. The lowest BCUT2D eigenvalue weighted by molar-refractivity contribution is 0.445. The molecule has 0 bridgehead atoms. The Morgan fingerprint density at radius 1 is 1.25 bits per heavy atom. The Morgan fingerprint density at radius 3 is 2.42 bits per heavy atom. The lowest BCUT2D eigenvalue weighted by atomic mass is 10.0. The minimum absolute atomic E-state index is 0.0497. The van der Waals surface area contributed by atoms with E-state index in [0.29, 0.717) is 25.6 Å². The Morgan fingerprint density at radius 2 is 1.88 bits per heavy atom. The lowest BCUT2D eigenvalue weighted by Crippen LogP contribution is -2.42. The van der Waals surface area contributed by atoms with Crippen molar-refractivity contribution in [1.29, 1.82) is 0 Å². The number of sulfonamides is 1. The fourth-order valence-corrected chi connectivity index (χ4v) is 4.00. The Bertz CT molecular complexity index is 640. The van der Waals surface area contributed by atoms with E-state index in [1.807, 2.05) is 26.0 Å². The fraction of sp³-hybridized carbons (Fsp3) is 0.588. The van der Waals surface area contributed by atoms with Gasteiger partial charge in [0.2, 0.25) is 10.0 Å². The van der Waals surface area contributed by atoms with Gasteiger partial charge in [0.1, 0.15) is 0 Å². The van der Waals surface area contributed by atoms with E-state index < -0.39 is 10.0 Å². The minimum atomic E-state index is -3.23. The summed E-state index contributed by atoms with van der Waals surface area (Å²) < 4.78 is 25.8. The third-order valence-corrected chi connectivity index (χ3v) is 6.01. The van der Waals surface area contributed by atoms with E-state index in [-0.39, 0.29) is 11.8 Å². The zero-order chi connectivity index (χ0) is 18.2. The van der Waals surface area contributed by atoms with Crippen LogP contribution in [0.3, 0.4) is 0 Å². The van der Waals surface area contributed by atoms with Gasteiger partial charge in [0.05, 0.1) is 11.8 Å². The molecule has 1 unspecified atom stereocenters. The quantitative estimate of drug-likeness (QED) is 0.552. The van der Waals surface area contributed by atoms with Crippen LogP contribution in [0, 0.1) is 6.92 Å². The highest BCUT2D eigenvalue weighted by Crippen LogP contribution is 2.16. The van der Waals surface area contributed by atoms with Crippen molar-refractivity contribution in [2.75, 3.05) is 32.4 Å². The number of aliphatic imine (C=N–C) groups is 1. The average molecular weight is 355 g/mol. The highest BCUT2D eigenvalue weighted by Gasteiger charge is 2.18. The second-order valence-corrected chi connectivity index (χ2v) is 7.71. The van der Waals surface area contributed by atoms with Crippen LogP contribution in [0.1, 0.15) is 37.9 Å². The number of hydrogen-bond acceptors (Lipinski definition) is 3. The highest BCUT2D eigenvalue weighted by molar-refractivity contribution is 7.89. The predicted octanol–water partition coefficient (Wildman–Crippen LogP) is 1.89. The summed E-state index contributed by atoms with van der Waals surface area (Å²) in [6, 6.07) is 8.24. The summed E-state index contributed by atoms with van der Waals surface area (Å²) in [6.45, 7) is 9.13. The van der Waals surface area contributed by atoms with Gasteiger partial charge in [-0.1, -0.05) is 38.1 Å². The molecule has 0 amide bonds. The maximum atomic E-state index is 12.2. The number of nitrogens with one attached hydrogen (secondary N) is 2. The molecule has 7 heteroatoms. The molecule has 0 aromatic heterocycles. The number of aryl methyl sites for hydroxylation is 1. The molecule has 0 saturated heterocycles. The van der Waals surface area contributed by atoms with Crippen molar-refractivity contribution in [3.05, 3.63) is 35.4 Å². The van der Waals surface area contributed by atoms with Crippen LogP contribution < -0.4 is 10.6 Å². The second-order valence-electron chi connectivity index (χ2n) is 5.62. The molecule has 6 nitrogen and oxygen atoms in total. The second kappa shape index (κ2) is 9.64. The van der Waals surface area contributed by atoms with Crippen molar-refractivity contribution >= 4 is 16.0 Å².